The largest absolute Gasteiger partial charge is 0.494 e. The van der Waals surface area contributed by atoms with Gasteiger partial charge in [0.25, 0.3) is 11.8 Å². The number of halogens is 1. The molecule has 2 amide bonds. The number of carbonyl (C=O) groups is 2. The Balaban J connectivity index is 1.60. The molecule has 0 spiro atoms. The molecule has 1 heterocycles. The van der Waals surface area contributed by atoms with Crippen LogP contribution in [0.1, 0.15) is 27.0 Å². The molecule has 0 aliphatic carbocycles. The Hall–Kier alpha value is -2.83. The molecule has 0 bridgehead atoms. The fourth-order valence-electron chi connectivity index (χ4n) is 2.34. The Kier molecular flexibility index (Phi) is 6.11. The van der Waals surface area contributed by atoms with Crippen molar-refractivity contribution in [1.82, 2.24) is 0 Å². The van der Waals surface area contributed by atoms with E-state index in [4.69, 9.17) is 16.3 Å². The maximum Gasteiger partial charge on any atom is 0.265 e. The Morgan fingerprint density at radius 1 is 0.889 bits per heavy atom. The van der Waals surface area contributed by atoms with Crippen LogP contribution in [0.5, 0.6) is 5.75 Å². The second-order valence-electron chi connectivity index (χ2n) is 5.55. The zero-order chi connectivity index (χ0) is 19.2. The van der Waals surface area contributed by atoms with E-state index in [1.54, 1.807) is 60.7 Å². The van der Waals surface area contributed by atoms with Gasteiger partial charge in [-0.05, 0) is 67.6 Å². The lowest BCUT2D eigenvalue weighted by Crippen LogP contribution is -2.13. The van der Waals surface area contributed by atoms with E-state index in [0.717, 1.165) is 5.75 Å². The van der Waals surface area contributed by atoms with Gasteiger partial charge in [-0.15, -0.1) is 11.3 Å². The van der Waals surface area contributed by atoms with Crippen LogP contribution in [0.4, 0.5) is 11.4 Å². The van der Waals surface area contributed by atoms with Gasteiger partial charge in [0.15, 0.2) is 0 Å². The lowest BCUT2D eigenvalue weighted by atomic mass is 10.2. The van der Waals surface area contributed by atoms with E-state index in [1.807, 2.05) is 6.92 Å². The zero-order valence-corrected chi connectivity index (χ0v) is 16.1. The Labute approximate surface area is 165 Å². The minimum absolute atomic E-state index is 0.234. The van der Waals surface area contributed by atoms with E-state index >= 15 is 0 Å². The van der Waals surface area contributed by atoms with Gasteiger partial charge >= 0.3 is 0 Å². The lowest BCUT2D eigenvalue weighted by Gasteiger charge is -2.08. The molecule has 0 fully saturated rings. The number of anilines is 2. The van der Waals surface area contributed by atoms with Crippen molar-refractivity contribution < 1.29 is 14.3 Å². The van der Waals surface area contributed by atoms with Crippen molar-refractivity contribution in [2.45, 2.75) is 6.92 Å². The summed E-state index contributed by atoms with van der Waals surface area (Å²) in [7, 11) is 0. The lowest BCUT2D eigenvalue weighted by molar-refractivity contribution is 0.102. The Morgan fingerprint density at radius 3 is 2.04 bits per heavy atom. The van der Waals surface area contributed by atoms with E-state index in [0.29, 0.717) is 32.8 Å². The number of nitrogens with one attached hydrogen (secondary N) is 2. The molecule has 0 saturated heterocycles. The third-order valence-corrected chi connectivity index (χ3v) is 4.86. The standard InChI is InChI=1S/C20H17ClN2O3S/c1-2-26-16-9-7-15(8-10-16)22-19(24)13-3-5-14(6-4-13)23-20(25)17-11-12-18(21)27-17/h3-12H,2H2,1H3,(H,22,24)(H,23,25). The van der Waals surface area contributed by atoms with Crippen molar-refractivity contribution in [2.75, 3.05) is 17.2 Å². The highest BCUT2D eigenvalue weighted by Gasteiger charge is 2.10. The zero-order valence-electron chi connectivity index (χ0n) is 14.5. The van der Waals surface area contributed by atoms with Crippen molar-refractivity contribution in [1.29, 1.82) is 0 Å². The number of carbonyl (C=O) groups excluding carboxylic acids is 2. The number of hydrogen-bond acceptors (Lipinski definition) is 4. The summed E-state index contributed by atoms with van der Waals surface area (Å²) in [5.41, 5.74) is 1.76. The number of ether oxygens (including phenoxy) is 1. The van der Waals surface area contributed by atoms with Crippen LogP contribution in [0.3, 0.4) is 0 Å². The van der Waals surface area contributed by atoms with Crippen LogP contribution in [0.15, 0.2) is 60.7 Å². The van der Waals surface area contributed by atoms with Gasteiger partial charge in [0, 0.05) is 16.9 Å². The van der Waals surface area contributed by atoms with Gasteiger partial charge in [-0.1, -0.05) is 11.6 Å². The van der Waals surface area contributed by atoms with Crippen LogP contribution >= 0.6 is 22.9 Å². The molecular weight excluding hydrogens is 384 g/mol. The average molecular weight is 401 g/mol. The van der Waals surface area contributed by atoms with Gasteiger partial charge in [-0.3, -0.25) is 9.59 Å². The molecule has 0 unspecified atom stereocenters. The Bertz CT molecular complexity index is 937. The topological polar surface area (TPSA) is 67.4 Å². The second-order valence-corrected chi connectivity index (χ2v) is 7.26. The van der Waals surface area contributed by atoms with E-state index in [1.165, 1.54) is 11.3 Å². The first-order valence-corrected chi connectivity index (χ1v) is 9.45. The molecule has 3 aromatic rings. The maximum absolute atomic E-state index is 12.3. The predicted octanol–water partition coefficient (Wildman–Crippen LogP) is 5.30. The van der Waals surface area contributed by atoms with Crippen LogP contribution in [-0.4, -0.2) is 18.4 Å². The van der Waals surface area contributed by atoms with Crippen molar-refractivity contribution in [3.8, 4) is 5.75 Å². The molecule has 1 aromatic heterocycles. The van der Waals surface area contributed by atoms with Gasteiger partial charge in [-0.25, -0.2) is 0 Å². The highest BCUT2D eigenvalue weighted by Crippen LogP contribution is 2.23. The summed E-state index contributed by atoms with van der Waals surface area (Å²) in [6.45, 7) is 2.51. The van der Waals surface area contributed by atoms with Gasteiger partial charge in [-0.2, -0.15) is 0 Å². The molecule has 0 aliphatic heterocycles. The Morgan fingerprint density at radius 2 is 1.48 bits per heavy atom. The smallest absolute Gasteiger partial charge is 0.265 e. The molecule has 7 heteroatoms. The van der Waals surface area contributed by atoms with E-state index in [2.05, 4.69) is 10.6 Å². The first-order chi connectivity index (χ1) is 13.0. The number of benzene rings is 2. The van der Waals surface area contributed by atoms with E-state index in [9.17, 15) is 9.59 Å². The first-order valence-electron chi connectivity index (χ1n) is 8.26. The third kappa shape index (κ3) is 5.09. The molecule has 5 nitrogen and oxygen atoms in total. The molecule has 0 saturated carbocycles. The van der Waals surface area contributed by atoms with Crippen molar-refractivity contribution in [2.24, 2.45) is 0 Å². The van der Waals surface area contributed by atoms with Crippen LogP contribution < -0.4 is 15.4 Å². The summed E-state index contributed by atoms with van der Waals surface area (Å²) in [5.74, 6) is 0.281. The second kappa shape index (κ2) is 8.70. The van der Waals surface area contributed by atoms with Crippen molar-refractivity contribution in [3.63, 3.8) is 0 Å². The van der Waals surface area contributed by atoms with Crippen molar-refractivity contribution in [3.05, 3.63) is 75.4 Å². The highest BCUT2D eigenvalue weighted by atomic mass is 35.5. The molecule has 138 valence electrons. The average Bonchev–Trinajstić information content (AvgIpc) is 3.11. The monoisotopic (exact) mass is 400 g/mol. The van der Waals surface area contributed by atoms with Crippen molar-refractivity contribution >= 4 is 46.1 Å². The summed E-state index contributed by atoms with van der Waals surface area (Å²) in [6, 6.07) is 17.2. The summed E-state index contributed by atoms with van der Waals surface area (Å²) in [5, 5.41) is 5.59. The summed E-state index contributed by atoms with van der Waals surface area (Å²) >= 11 is 7.05. The van der Waals surface area contributed by atoms with Crippen LogP contribution in [0.25, 0.3) is 0 Å². The summed E-state index contributed by atoms with van der Waals surface area (Å²) < 4.78 is 5.93. The predicted molar refractivity (Wildman–Crippen MR) is 109 cm³/mol. The quantitative estimate of drug-likeness (QED) is 0.589. The number of thiophene rings is 1. The van der Waals surface area contributed by atoms with E-state index < -0.39 is 0 Å². The maximum atomic E-state index is 12.3. The molecule has 3 rings (SSSR count). The minimum Gasteiger partial charge on any atom is -0.494 e. The van der Waals surface area contributed by atoms with E-state index in [-0.39, 0.29) is 11.8 Å². The molecule has 2 N–H and O–H groups in total. The van der Waals surface area contributed by atoms with Crippen LogP contribution in [-0.2, 0) is 0 Å². The molecule has 0 aliphatic rings. The first kappa shape index (κ1) is 18.9. The molecule has 2 aromatic carbocycles. The fraction of sp³-hybridized carbons (Fsp3) is 0.100. The highest BCUT2D eigenvalue weighted by molar-refractivity contribution is 7.18. The minimum atomic E-state index is -0.238. The van der Waals surface area contributed by atoms with Gasteiger partial charge < -0.3 is 15.4 Å². The van der Waals surface area contributed by atoms with Gasteiger partial charge in [0.1, 0.15) is 5.75 Å². The number of amides is 2. The van der Waals surface area contributed by atoms with Gasteiger partial charge in [0.2, 0.25) is 0 Å². The summed E-state index contributed by atoms with van der Waals surface area (Å²) in [6.07, 6.45) is 0. The molecule has 27 heavy (non-hydrogen) atoms. The van der Waals surface area contributed by atoms with Crippen LogP contribution in [0.2, 0.25) is 4.34 Å². The van der Waals surface area contributed by atoms with Crippen LogP contribution in [0, 0.1) is 0 Å². The normalized spacial score (nSPS) is 10.3. The number of rotatable bonds is 6. The number of hydrogen-bond donors (Lipinski definition) is 2. The molecular formula is C20H17ClN2O3S. The molecule has 0 radical (unpaired) electrons. The summed E-state index contributed by atoms with van der Waals surface area (Å²) in [4.78, 5) is 25.0. The SMILES string of the molecule is CCOc1ccc(NC(=O)c2ccc(NC(=O)c3ccc(Cl)s3)cc2)cc1. The third-order valence-electron chi connectivity index (χ3n) is 3.63. The van der Waals surface area contributed by atoms with Gasteiger partial charge in [0.05, 0.1) is 15.8 Å². The fourth-order valence-corrected chi connectivity index (χ4v) is 3.28. The molecule has 0 atom stereocenters.